The van der Waals surface area contributed by atoms with E-state index >= 15 is 0 Å². The quantitative estimate of drug-likeness (QED) is 0.430. The van der Waals surface area contributed by atoms with Crippen LogP contribution in [0.3, 0.4) is 0 Å². The SMILES string of the molecule is C=CC(=O)OCC12CC3(C)CC(C(=O)OC)(C1)CC(C(=O)OC)(C3)C2. The van der Waals surface area contributed by atoms with Crippen LogP contribution in [0.25, 0.3) is 0 Å². The smallest absolute Gasteiger partial charge is 0.330 e. The van der Waals surface area contributed by atoms with Crippen LogP contribution >= 0.6 is 0 Å². The van der Waals surface area contributed by atoms with Gasteiger partial charge in [0.1, 0.15) is 0 Å². The molecule has 0 amide bonds. The molecule has 4 bridgehead atoms. The molecular formula is C19H26O6. The molecule has 0 aromatic carbocycles. The van der Waals surface area contributed by atoms with Crippen molar-refractivity contribution < 1.29 is 28.6 Å². The van der Waals surface area contributed by atoms with E-state index in [-0.39, 0.29) is 24.0 Å². The highest BCUT2D eigenvalue weighted by Gasteiger charge is 2.72. The predicted molar refractivity (Wildman–Crippen MR) is 88.3 cm³/mol. The number of rotatable bonds is 5. The van der Waals surface area contributed by atoms with Crippen molar-refractivity contribution >= 4 is 17.9 Å². The van der Waals surface area contributed by atoms with E-state index in [2.05, 4.69) is 13.5 Å². The second-order valence-corrected chi connectivity index (χ2v) is 8.73. The summed E-state index contributed by atoms with van der Waals surface area (Å²) in [5.74, 6) is -1.03. The maximum Gasteiger partial charge on any atom is 0.330 e. The third kappa shape index (κ3) is 2.66. The number of ether oxygens (including phenoxy) is 3. The Labute approximate surface area is 147 Å². The zero-order chi connectivity index (χ0) is 18.5. The third-order valence-corrected chi connectivity index (χ3v) is 6.36. The normalized spacial score (nSPS) is 41.1. The second-order valence-electron chi connectivity index (χ2n) is 8.73. The van der Waals surface area contributed by atoms with E-state index in [1.807, 2.05) is 0 Å². The highest BCUT2D eigenvalue weighted by atomic mass is 16.5. The molecule has 6 heteroatoms. The molecule has 0 aromatic rings. The van der Waals surface area contributed by atoms with Gasteiger partial charge in [-0.15, -0.1) is 0 Å². The summed E-state index contributed by atoms with van der Waals surface area (Å²) in [5.41, 5.74) is -2.03. The minimum Gasteiger partial charge on any atom is -0.469 e. The number of esters is 3. The first kappa shape index (κ1) is 18.0. The van der Waals surface area contributed by atoms with Crippen molar-refractivity contribution in [3.8, 4) is 0 Å². The summed E-state index contributed by atoms with van der Waals surface area (Å²) in [4.78, 5) is 37.0. The fourth-order valence-corrected chi connectivity index (χ4v) is 6.67. The van der Waals surface area contributed by atoms with E-state index < -0.39 is 22.2 Å². The lowest BCUT2D eigenvalue weighted by atomic mass is 9.36. The highest BCUT2D eigenvalue weighted by Crippen LogP contribution is 2.74. The van der Waals surface area contributed by atoms with Crippen LogP contribution in [-0.4, -0.2) is 38.7 Å². The van der Waals surface area contributed by atoms with Gasteiger partial charge in [0.2, 0.25) is 0 Å². The highest BCUT2D eigenvalue weighted by molar-refractivity contribution is 5.83. The molecule has 0 spiro atoms. The maximum absolute atomic E-state index is 12.7. The van der Waals surface area contributed by atoms with E-state index in [1.165, 1.54) is 14.2 Å². The molecule has 2 atom stereocenters. The van der Waals surface area contributed by atoms with Crippen molar-refractivity contribution in [2.24, 2.45) is 21.7 Å². The lowest BCUT2D eigenvalue weighted by Gasteiger charge is -2.67. The molecular weight excluding hydrogens is 324 g/mol. The Morgan fingerprint density at radius 2 is 1.44 bits per heavy atom. The van der Waals surface area contributed by atoms with Crippen molar-refractivity contribution in [1.29, 1.82) is 0 Å². The molecule has 0 N–H and O–H groups in total. The molecule has 4 aliphatic carbocycles. The topological polar surface area (TPSA) is 78.9 Å². The van der Waals surface area contributed by atoms with Crippen LogP contribution < -0.4 is 0 Å². The van der Waals surface area contributed by atoms with Crippen molar-refractivity contribution in [2.45, 2.75) is 45.4 Å². The Morgan fingerprint density at radius 1 is 0.920 bits per heavy atom. The van der Waals surface area contributed by atoms with Crippen molar-refractivity contribution in [2.75, 3.05) is 20.8 Å². The van der Waals surface area contributed by atoms with Crippen LogP contribution in [-0.2, 0) is 28.6 Å². The van der Waals surface area contributed by atoms with Gasteiger partial charge in [0.05, 0.1) is 31.7 Å². The molecule has 0 aromatic heterocycles. The summed E-state index contributed by atoms with van der Waals surface area (Å²) < 4.78 is 15.6. The average Bonchev–Trinajstić information content (AvgIpc) is 2.55. The molecule has 4 saturated carbocycles. The van der Waals surface area contributed by atoms with Crippen LogP contribution in [0, 0.1) is 21.7 Å². The summed E-state index contributed by atoms with van der Waals surface area (Å²) in [7, 11) is 2.77. The van der Waals surface area contributed by atoms with Crippen molar-refractivity contribution in [3.63, 3.8) is 0 Å². The summed E-state index contributed by atoms with van der Waals surface area (Å²) in [6.07, 6.45) is 4.95. The van der Waals surface area contributed by atoms with Gasteiger partial charge < -0.3 is 14.2 Å². The molecule has 6 nitrogen and oxygen atoms in total. The molecule has 0 saturated heterocycles. The molecule has 0 aliphatic heterocycles. The van der Waals surface area contributed by atoms with Crippen LogP contribution in [0.2, 0.25) is 0 Å². The summed E-state index contributed by atoms with van der Waals surface area (Å²) >= 11 is 0. The van der Waals surface area contributed by atoms with Gasteiger partial charge in [-0.1, -0.05) is 13.5 Å². The van der Waals surface area contributed by atoms with Crippen molar-refractivity contribution in [3.05, 3.63) is 12.7 Å². The molecule has 2 unspecified atom stereocenters. The minimum absolute atomic E-state index is 0.183. The summed E-state index contributed by atoms with van der Waals surface area (Å²) in [6.45, 7) is 5.73. The number of carbonyl (C=O) groups excluding carboxylic acids is 3. The zero-order valence-electron chi connectivity index (χ0n) is 15.2. The minimum atomic E-state index is -0.715. The molecule has 4 rings (SSSR count). The third-order valence-electron chi connectivity index (χ3n) is 6.36. The lowest BCUT2D eigenvalue weighted by molar-refractivity contribution is -0.229. The van der Waals surface area contributed by atoms with Gasteiger partial charge in [-0.25, -0.2) is 4.79 Å². The Hall–Kier alpha value is -1.85. The zero-order valence-corrected chi connectivity index (χ0v) is 15.2. The van der Waals surface area contributed by atoms with Crippen LogP contribution in [0.1, 0.15) is 45.4 Å². The number of hydrogen-bond donors (Lipinski definition) is 0. The first-order valence-corrected chi connectivity index (χ1v) is 8.62. The van der Waals surface area contributed by atoms with E-state index in [1.54, 1.807) is 0 Å². The molecule has 4 fully saturated rings. The van der Waals surface area contributed by atoms with Gasteiger partial charge in [0.15, 0.2) is 0 Å². The molecule has 138 valence electrons. The van der Waals surface area contributed by atoms with Crippen LogP contribution in [0.4, 0.5) is 0 Å². The Bertz CT molecular complexity index is 604. The van der Waals surface area contributed by atoms with E-state index in [0.29, 0.717) is 32.1 Å². The molecule has 25 heavy (non-hydrogen) atoms. The van der Waals surface area contributed by atoms with E-state index in [4.69, 9.17) is 14.2 Å². The number of carbonyl (C=O) groups is 3. The number of hydrogen-bond acceptors (Lipinski definition) is 6. The fraction of sp³-hybridized carbons (Fsp3) is 0.737. The first-order valence-electron chi connectivity index (χ1n) is 8.62. The van der Waals surface area contributed by atoms with Gasteiger partial charge in [0, 0.05) is 11.5 Å². The van der Waals surface area contributed by atoms with Gasteiger partial charge in [-0.2, -0.15) is 0 Å². The molecule has 0 radical (unpaired) electrons. The van der Waals surface area contributed by atoms with Gasteiger partial charge in [-0.3, -0.25) is 9.59 Å². The monoisotopic (exact) mass is 350 g/mol. The average molecular weight is 350 g/mol. The number of methoxy groups -OCH3 is 2. The Balaban J connectivity index is 2.03. The van der Waals surface area contributed by atoms with E-state index in [9.17, 15) is 14.4 Å². The molecule has 0 heterocycles. The Kier molecular flexibility index (Phi) is 4.01. The van der Waals surface area contributed by atoms with Crippen LogP contribution in [0.15, 0.2) is 12.7 Å². The van der Waals surface area contributed by atoms with Crippen LogP contribution in [0.5, 0.6) is 0 Å². The standard InChI is InChI=1S/C19H26O6/c1-5-13(20)25-12-17-6-16(2)7-18(9-17,14(21)23-3)11-19(8-16,10-17)15(22)24-4/h5H,1,6-12H2,2-4H3. The van der Waals surface area contributed by atoms with Gasteiger partial charge >= 0.3 is 17.9 Å². The largest absolute Gasteiger partial charge is 0.469 e. The summed E-state index contributed by atoms with van der Waals surface area (Å²) in [5, 5.41) is 0. The maximum atomic E-state index is 12.7. The van der Waals surface area contributed by atoms with E-state index in [0.717, 1.165) is 12.5 Å². The predicted octanol–water partition coefficient (Wildman–Crippen LogP) is 2.41. The summed E-state index contributed by atoms with van der Waals surface area (Å²) in [6, 6.07) is 0. The Morgan fingerprint density at radius 3 is 1.88 bits per heavy atom. The van der Waals surface area contributed by atoms with Gasteiger partial charge in [-0.05, 0) is 43.9 Å². The fourth-order valence-electron chi connectivity index (χ4n) is 6.67. The second kappa shape index (κ2) is 5.58. The first-order chi connectivity index (χ1) is 11.7. The lowest BCUT2D eigenvalue weighted by Crippen LogP contribution is -2.65. The van der Waals surface area contributed by atoms with Crippen molar-refractivity contribution in [1.82, 2.24) is 0 Å². The van der Waals surface area contributed by atoms with Gasteiger partial charge in [0.25, 0.3) is 0 Å². The molecule has 4 aliphatic rings.